The number of hydrogen-bond donors (Lipinski definition) is 0. The SMILES string of the molecule is CCCc1cn(CCCC(=O)OCC)cc1C(=O)c1cccc([N+](=O)[O-])c1. The van der Waals surface area contributed by atoms with Crippen LogP contribution in [0.3, 0.4) is 0 Å². The van der Waals surface area contributed by atoms with E-state index in [1.165, 1.54) is 18.2 Å². The van der Waals surface area contributed by atoms with Crippen LogP contribution in [0.25, 0.3) is 0 Å². The lowest BCUT2D eigenvalue weighted by Gasteiger charge is -2.03. The third-order valence-electron chi connectivity index (χ3n) is 4.15. The molecule has 0 saturated carbocycles. The van der Waals surface area contributed by atoms with Crippen LogP contribution in [0.5, 0.6) is 0 Å². The maximum absolute atomic E-state index is 12.9. The van der Waals surface area contributed by atoms with Crippen LogP contribution < -0.4 is 0 Å². The average Bonchev–Trinajstić information content (AvgIpc) is 3.04. The summed E-state index contributed by atoms with van der Waals surface area (Å²) >= 11 is 0. The molecule has 144 valence electrons. The number of nitro benzene ring substituents is 1. The monoisotopic (exact) mass is 372 g/mol. The zero-order valence-electron chi connectivity index (χ0n) is 15.6. The number of carbonyl (C=O) groups is 2. The Balaban J connectivity index is 2.18. The molecule has 7 heteroatoms. The molecule has 7 nitrogen and oxygen atoms in total. The van der Waals surface area contributed by atoms with Crippen LogP contribution in [0.1, 0.15) is 54.6 Å². The molecule has 0 aliphatic heterocycles. The van der Waals surface area contributed by atoms with Gasteiger partial charge in [0.1, 0.15) is 0 Å². The third kappa shape index (κ3) is 5.51. The molecular weight excluding hydrogens is 348 g/mol. The summed E-state index contributed by atoms with van der Waals surface area (Å²) in [4.78, 5) is 34.8. The van der Waals surface area contributed by atoms with E-state index < -0.39 is 4.92 Å². The van der Waals surface area contributed by atoms with Crippen molar-refractivity contribution in [2.45, 2.75) is 46.1 Å². The molecule has 1 aromatic heterocycles. The lowest BCUT2D eigenvalue weighted by Crippen LogP contribution is -2.06. The maximum atomic E-state index is 12.9. The minimum absolute atomic E-state index is 0.105. The van der Waals surface area contributed by atoms with Crippen LogP contribution in [0.2, 0.25) is 0 Å². The van der Waals surface area contributed by atoms with E-state index >= 15 is 0 Å². The Morgan fingerprint density at radius 3 is 2.67 bits per heavy atom. The Morgan fingerprint density at radius 2 is 2.00 bits per heavy atom. The highest BCUT2D eigenvalue weighted by Crippen LogP contribution is 2.21. The molecule has 0 atom stereocenters. The van der Waals surface area contributed by atoms with Crippen molar-refractivity contribution in [2.24, 2.45) is 0 Å². The second-order valence-electron chi connectivity index (χ2n) is 6.23. The first-order valence-corrected chi connectivity index (χ1v) is 9.09. The molecule has 0 saturated heterocycles. The summed E-state index contributed by atoms with van der Waals surface area (Å²) in [7, 11) is 0. The van der Waals surface area contributed by atoms with E-state index in [0.29, 0.717) is 37.1 Å². The highest BCUT2D eigenvalue weighted by atomic mass is 16.6. The first-order valence-electron chi connectivity index (χ1n) is 9.09. The first kappa shape index (κ1) is 20.4. The van der Waals surface area contributed by atoms with Crippen LogP contribution in [0.15, 0.2) is 36.7 Å². The van der Waals surface area contributed by atoms with E-state index in [1.54, 1.807) is 19.2 Å². The van der Waals surface area contributed by atoms with Crippen molar-refractivity contribution in [3.8, 4) is 0 Å². The number of esters is 1. The summed E-state index contributed by atoms with van der Waals surface area (Å²) in [5.74, 6) is -0.461. The van der Waals surface area contributed by atoms with Crippen LogP contribution >= 0.6 is 0 Å². The second kappa shape index (κ2) is 9.66. The molecule has 0 spiro atoms. The molecule has 0 aliphatic carbocycles. The predicted molar refractivity (Wildman–Crippen MR) is 101 cm³/mol. The zero-order valence-corrected chi connectivity index (χ0v) is 15.6. The number of rotatable bonds is 10. The molecule has 0 radical (unpaired) electrons. The van der Waals surface area contributed by atoms with Gasteiger partial charge >= 0.3 is 5.97 Å². The first-order chi connectivity index (χ1) is 13.0. The highest BCUT2D eigenvalue weighted by molar-refractivity contribution is 6.10. The Morgan fingerprint density at radius 1 is 1.22 bits per heavy atom. The molecule has 0 amide bonds. The van der Waals surface area contributed by atoms with Gasteiger partial charge in [-0.05, 0) is 25.3 Å². The van der Waals surface area contributed by atoms with Crippen molar-refractivity contribution < 1.29 is 19.2 Å². The van der Waals surface area contributed by atoms with Gasteiger partial charge in [0.05, 0.1) is 11.5 Å². The van der Waals surface area contributed by atoms with Gasteiger partial charge in [-0.2, -0.15) is 0 Å². The topological polar surface area (TPSA) is 91.4 Å². The fourth-order valence-corrected chi connectivity index (χ4v) is 2.91. The number of ether oxygens (including phenoxy) is 1. The van der Waals surface area contributed by atoms with Crippen molar-refractivity contribution in [3.05, 3.63) is 63.5 Å². The summed E-state index contributed by atoms with van der Waals surface area (Å²) in [5.41, 5.74) is 1.65. The summed E-state index contributed by atoms with van der Waals surface area (Å²) in [5, 5.41) is 11.0. The van der Waals surface area contributed by atoms with Crippen molar-refractivity contribution in [3.63, 3.8) is 0 Å². The van der Waals surface area contributed by atoms with E-state index in [0.717, 1.165) is 18.4 Å². The normalized spacial score (nSPS) is 10.6. The maximum Gasteiger partial charge on any atom is 0.305 e. The van der Waals surface area contributed by atoms with Gasteiger partial charge in [-0.1, -0.05) is 25.5 Å². The molecule has 1 aromatic carbocycles. The van der Waals surface area contributed by atoms with Gasteiger partial charge in [0.25, 0.3) is 5.69 Å². The fraction of sp³-hybridized carbons (Fsp3) is 0.400. The van der Waals surface area contributed by atoms with Gasteiger partial charge in [-0.25, -0.2) is 0 Å². The van der Waals surface area contributed by atoms with Crippen molar-refractivity contribution >= 4 is 17.4 Å². The summed E-state index contributed by atoms with van der Waals surface area (Å²) in [6.07, 6.45) is 6.23. The Kier molecular flexibility index (Phi) is 7.28. The minimum Gasteiger partial charge on any atom is -0.466 e. The molecule has 2 aromatic rings. The van der Waals surface area contributed by atoms with Gasteiger partial charge in [0.2, 0.25) is 0 Å². The summed E-state index contributed by atoms with van der Waals surface area (Å²) in [6.45, 7) is 4.76. The molecule has 0 N–H and O–H groups in total. The van der Waals surface area contributed by atoms with Crippen LogP contribution in [0, 0.1) is 10.1 Å². The van der Waals surface area contributed by atoms with E-state index in [2.05, 4.69) is 0 Å². The lowest BCUT2D eigenvalue weighted by molar-refractivity contribution is -0.384. The molecule has 0 bridgehead atoms. The van der Waals surface area contributed by atoms with E-state index in [4.69, 9.17) is 4.74 Å². The van der Waals surface area contributed by atoms with Crippen LogP contribution in [-0.4, -0.2) is 27.8 Å². The number of ketones is 1. The van der Waals surface area contributed by atoms with Crippen LogP contribution in [-0.2, 0) is 22.5 Å². The van der Waals surface area contributed by atoms with Crippen molar-refractivity contribution in [2.75, 3.05) is 6.61 Å². The van der Waals surface area contributed by atoms with E-state index in [9.17, 15) is 19.7 Å². The fourth-order valence-electron chi connectivity index (χ4n) is 2.91. The van der Waals surface area contributed by atoms with E-state index in [1.807, 2.05) is 17.7 Å². The average molecular weight is 372 g/mol. The number of nitro groups is 1. The zero-order chi connectivity index (χ0) is 19.8. The number of non-ortho nitro benzene ring substituents is 1. The summed E-state index contributed by atoms with van der Waals surface area (Å²) in [6, 6.07) is 5.77. The van der Waals surface area contributed by atoms with Gasteiger partial charge in [-0.3, -0.25) is 19.7 Å². The molecular formula is C20H24N2O5. The van der Waals surface area contributed by atoms with Crippen molar-refractivity contribution in [1.29, 1.82) is 0 Å². The smallest absolute Gasteiger partial charge is 0.305 e. The minimum atomic E-state index is -0.510. The van der Waals surface area contributed by atoms with Crippen LogP contribution in [0.4, 0.5) is 5.69 Å². The largest absolute Gasteiger partial charge is 0.466 e. The third-order valence-corrected chi connectivity index (χ3v) is 4.15. The van der Waals surface area contributed by atoms with Gasteiger partial charge in [0.15, 0.2) is 5.78 Å². The number of carbonyl (C=O) groups excluding carboxylic acids is 2. The van der Waals surface area contributed by atoms with Gasteiger partial charge in [0, 0.05) is 48.6 Å². The molecule has 0 aliphatic rings. The number of hydrogen-bond acceptors (Lipinski definition) is 5. The number of aryl methyl sites for hydroxylation is 2. The number of nitrogens with zero attached hydrogens (tertiary/aromatic N) is 2. The Bertz CT molecular complexity index is 826. The summed E-state index contributed by atoms with van der Waals surface area (Å²) < 4.78 is 6.81. The quantitative estimate of drug-likeness (QED) is 0.273. The van der Waals surface area contributed by atoms with E-state index in [-0.39, 0.29) is 17.4 Å². The molecule has 1 heterocycles. The number of aromatic nitrogens is 1. The van der Waals surface area contributed by atoms with Crippen molar-refractivity contribution in [1.82, 2.24) is 4.57 Å². The Hall–Kier alpha value is -2.96. The Labute approximate surface area is 158 Å². The molecule has 0 unspecified atom stereocenters. The second-order valence-corrected chi connectivity index (χ2v) is 6.23. The lowest BCUT2D eigenvalue weighted by atomic mass is 10.00. The predicted octanol–water partition coefficient (Wildman–Crippen LogP) is 3.92. The molecule has 0 fully saturated rings. The van der Waals surface area contributed by atoms with Gasteiger partial charge in [-0.15, -0.1) is 0 Å². The molecule has 27 heavy (non-hydrogen) atoms. The van der Waals surface area contributed by atoms with Gasteiger partial charge < -0.3 is 9.30 Å². The standard InChI is InChI=1S/C20H24N2O5/c1-3-7-16-13-21(11-6-10-19(23)27-4-2)14-18(16)20(24)15-8-5-9-17(12-15)22(25)26/h5,8-9,12-14H,3-4,6-7,10-11H2,1-2H3. The molecule has 2 rings (SSSR count). The number of benzene rings is 1. The highest BCUT2D eigenvalue weighted by Gasteiger charge is 2.18.